The number of hydrogen-bond donors (Lipinski definition) is 2. The number of alkyl halides is 3. The molecule has 1 heterocycles. The van der Waals surface area contributed by atoms with Crippen LogP contribution in [-0.2, 0) is 6.18 Å². The highest BCUT2D eigenvalue weighted by atomic mass is 19.4. The Kier molecular flexibility index (Phi) is 4.75. The van der Waals surface area contributed by atoms with Gasteiger partial charge in [-0.15, -0.1) is 0 Å². The van der Waals surface area contributed by atoms with Crippen molar-refractivity contribution in [1.82, 2.24) is 9.97 Å². The molecule has 0 amide bonds. The molecule has 8 heteroatoms. The Bertz CT molecular complexity index is 925. The number of halogens is 4. The van der Waals surface area contributed by atoms with Crippen LogP contribution in [0.2, 0.25) is 0 Å². The largest absolute Gasteiger partial charge is 0.421 e. The standard InChI is InChI=1S/C18H14F4N4/c1-11-6-2-4-8-14(11)25-17-23-10-12(18(20,21)22)16(26-17)24-15-9-5-3-7-13(15)19/h2-10H,1H3,(H2,23,24,25,26). The Morgan fingerprint density at radius 1 is 0.885 bits per heavy atom. The number of nitrogens with one attached hydrogen (secondary N) is 2. The molecule has 0 aliphatic heterocycles. The fraction of sp³-hybridized carbons (Fsp3) is 0.111. The molecule has 0 radical (unpaired) electrons. The molecule has 3 aromatic rings. The predicted molar refractivity (Wildman–Crippen MR) is 91.2 cm³/mol. The summed E-state index contributed by atoms with van der Waals surface area (Å²) in [5, 5.41) is 5.27. The molecular formula is C18H14F4N4. The zero-order chi connectivity index (χ0) is 18.7. The second-order valence-electron chi connectivity index (χ2n) is 5.50. The Morgan fingerprint density at radius 2 is 1.54 bits per heavy atom. The highest BCUT2D eigenvalue weighted by Crippen LogP contribution is 2.35. The van der Waals surface area contributed by atoms with Crippen LogP contribution in [0.5, 0.6) is 0 Å². The van der Waals surface area contributed by atoms with Crippen molar-refractivity contribution in [2.75, 3.05) is 10.6 Å². The van der Waals surface area contributed by atoms with Crippen molar-refractivity contribution in [3.63, 3.8) is 0 Å². The summed E-state index contributed by atoms with van der Waals surface area (Å²) < 4.78 is 53.5. The molecule has 2 aromatic carbocycles. The van der Waals surface area contributed by atoms with Gasteiger partial charge in [0.05, 0.1) is 5.69 Å². The summed E-state index contributed by atoms with van der Waals surface area (Å²) in [6.07, 6.45) is -4.02. The Morgan fingerprint density at radius 3 is 2.19 bits per heavy atom. The number of benzene rings is 2. The van der Waals surface area contributed by atoms with Crippen molar-refractivity contribution in [3.8, 4) is 0 Å². The number of hydrogen-bond acceptors (Lipinski definition) is 4. The summed E-state index contributed by atoms with van der Waals surface area (Å²) in [6, 6.07) is 12.6. The van der Waals surface area contributed by atoms with E-state index in [0.29, 0.717) is 11.9 Å². The van der Waals surface area contributed by atoms with E-state index in [4.69, 9.17) is 0 Å². The lowest BCUT2D eigenvalue weighted by Gasteiger charge is -2.15. The number of anilines is 4. The van der Waals surface area contributed by atoms with Crippen molar-refractivity contribution < 1.29 is 17.6 Å². The summed E-state index contributed by atoms with van der Waals surface area (Å²) in [7, 11) is 0. The van der Waals surface area contributed by atoms with Crippen molar-refractivity contribution in [2.24, 2.45) is 0 Å². The van der Waals surface area contributed by atoms with E-state index in [2.05, 4.69) is 20.6 Å². The lowest BCUT2D eigenvalue weighted by atomic mass is 10.2. The first-order chi connectivity index (χ1) is 12.3. The van der Waals surface area contributed by atoms with Gasteiger partial charge in [-0.3, -0.25) is 0 Å². The summed E-state index contributed by atoms with van der Waals surface area (Å²) in [6.45, 7) is 1.84. The molecule has 0 spiro atoms. The highest BCUT2D eigenvalue weighted by Gasteiger charge is 2.35. The maximum Gasteiger partial charge on any atom is 0.421 e. The van der Waals surface area contributed by atoms with E-state index in [1.807, 2.05) is 19.1 Å². The smallest absolute Gasteiger partial charge is 0.337 e. The van der Waals surface area contributed by atoms with E-state index in [-0.39, 0.29) is 11.6 Å². The summed E-state index contributed by atoms with van der Waals surface area (Å²) in [5.41, 5.74) is 0.332. The summed E-state index contributed by atoms with van der Waals surface area (Å²) in [4.78, 5) is 7.62. The van der Waals surface area contributed by atoms with Gasteiger partial charge in [-0.05, 0) is 30.7 Å². The lowest BCUT2D eigenvalue weighted by molar-refractivity contribution is -0.137. The molecule has 1 aromatic heterocycles. The van der Waals surface area contributed by atoms with Gasteiger partial charge in [-0.1, -0.05) is 30.3 Å². The molecule has 0 bridgehead atoms. The van der Waals surface area contributed by atoms with E-state index >= 15 is 0 Å². The first-order valence-electron chi connectivity index (χ1n) is 7.63. The van der Waals surface area contributed by atoms with E-state index < -0.39 is 23.4 Å². The van der Waals surface area contributed by atoms with E-state index in [9.17, 15) is 17.6 Å². The quantitative estimate of drug-likeness (QED) is 0.608. The molecule has 134 valence electrons. The zero-order valence-electron chi connectivity index (χ0n) is 13.6. The van der Waals surface area contributed by atoms with Gasteiger partial charge >= 0.3 is 6.18 Å². The second kappa shape index (κ2) is 6.99. The maximum absolute atomic E-state index is 13.8. The van der Waals surface area contributed by atoms with Crippen LogP contribution in [0.4, 0.5) is 40.7 Å². The average molecular weight is 362 g/mol. The molecule has 0 atom stereocenters. The topological polar surface area (TPSA) is 49.8 Å². The molecule has 0 saturated heterocycles. The van der Waals surface area contributed by atoms with Crippen molar-refractivity contribution in [1.29, 1.82) is 0 Å². The van der Waals surface area contributed by atoms with Crippen LogP contribution in [0.3, 0.4) is 0 Å². The van der Waals surface area contributed by atoms with Gasteiger partial charge in [0.25, 0.3) is 0 Å². The summed E-state index contributed by atoms with van der Waals surface area (Å²) >= 11 is 0. The first kappa shape index (κ1) is 17.7. The average Bonchev–Trinajstić information content (AvgIpc) is 2.58. The van der Waals surface area contributed by atoms with Crippen molar-refractivity contribution in [2.45, 2.75) is 13.1 Å². The fourth-order valence-electron chi connectivity index (χ4n) is 2.27. The molecule has 0 aliphatic rings. The molecule has 26 heavy (non-hydrogen) atoms. The number of nitrogens with zero attached hydrogens (tertiary/aromatic N) is 2. The first-order valence-corrected chi connectivity index (χ1v) is 7.63. The number of para-hydroxylation sites is 2. The molecule has 0 saturated carbocycles. The molecule has 4 nitrogen and oxygen atoms in total. The van der Waals surface area contributed by atoms with Gasteiger partial charge in [0.15, 0.2) is 0 Å². The molecule has 2 N–H and O–H groups in total. The van der Waals surface area contributed by atoms with Gasteiger partial charge < -0.3 is 10.6 Å². The number of rotatable bonds is 4. The normalized spacial score (nSPS) is 11.3. The van der Waals surface area contributed by atoms with E-state index in [1.54, 1.807) is 12.1 Å². The van der Waals surface area contributed by atoms with Gasteiger partial charge in [0, 0.05) is 11.9 Å². The Labute approximate surface area is 146 Å². The summed E-state index contributed by atoms with van der Waals surface area (Å²) in [5.74, 6) is -1.26. The molecule has 0 aliphatic carbocycles. The molecule has 0 unspecified atom stereocenters. The van der Waals surface area contributed by atoms with Crippen LogP contribution in [0, 0.1) is 12.7 Å². The van der Waals surface area contributed by atoms with Gasteiger partial charge in [-0.25, -0.2) is 9.37 Å². The molecule has 0 fully saturated rings. The van der Waals surface area contributed by atoms with E-state index in [1.165, 1.54) is 18.2 Å². The Hall–Kier alpha value is -3.16. The lowest BCUT2D eigenvalue weighted by Crippen LogP contribution is -2.13. The molecular weight excluding hydrogens is 348 g/mol. The molecule has 3 rings (SSSR count). The maximum atomic E-state index is 13.8. The number of aryl methyl sites for hydroxylation is 1. The third kappa shape index (κ3) is 3.90. The van der Waals surface area contributed by atoms with Crippen LogP contribution in [-0.4, -0.2) is 9.97 Å². The van der Waals surface area contributed by atoms with Crippen molar-refractivity contribution >= 4 is 23.1 Å². The fourth-order valence-corrected chi connectivity index (χ4v) is 2.27. The SMILES string of the molecule is Cc1ccccc1Nc1ncc(C(F)(F)F)c(Nc2ccccc2F)n1. The third-order valence-electron chi connectivity index (χ3n) is 3.61. The minimum Gasteiger partial charge on any atom is -0.337 e. The number of aromatic nitrogens is 2. The van der Waals surface area contributed by atoms with Crippen LogP contribution in [0.15, 0.2) is 54.7 Å². The van der Waals surface area contributed by atoms with Crippen LogP contribution in [0.25, 0.3) is 0 Å². The minimum absolute atomic E-state index is 0.0360. The van der Waals surface area contributed by atoms with Crippen LogP contribution in [0.1, 0.15) is 11.1 Å². The van der Waals surface area contributed by atoms with Crippen LogP contribution < -0.4 is 10.6 Å². The minimum atomic E-state index is -4.69. The van der Waals surface area contributed by atoms with Crippen LogP contribution >= 0.6 is 0 Å². The van der Waals surface area contributed by atoms with Gasteiger partial charge in [0.1, 0.15) is 17.2 Å². The third-order valence-corrected chi connectivity index (χ3v) is 3.61. The zero-order valence-corrected chi connectivity index (χ0v) is 13.6. The van der Waals surface area contributed by atoms with Gasteiger partial charge in [-0.2, -0.15) is 18.2 Å². The van der Waals surface area contributed by atoms with Crippen molar-refractivity contribution in [3.05, 3.63) is 71.7 Å². The van der Waals surface area contributed by atoms with Gasteiger partial charge in [0.2, 0.25) is 5.95 Å². The predicted octanol–water partition coefficient (Wildman–Crippen LogP) is 5.43. The highest BCUT2D eigenvalue weighted by molar-refractivity contribution is 5.64. The Balaban J connectivity index is 1.99. The second-order valence-corrected chi connectivity index (χ2v) is 5.50. The van der Waals surface area contributed by atoms with E-state index in [0.717, 1.165) is 11.6 Å². The monoisotopic (exact) mass is 362 g/mol.